The number of hydrogen-bond acceptors (Lipinski definition) is 2. The Balaban J connectivity index is 0.959. The standard InChI is InChI=1S/C65H50N2S/c1-65(2)57-21-11-8-18-51(57)52-33-30-48(39-58(52)65)66(49-31-34-56-55-32-27-45(41-14-4-3-5-15-41)38-62(55)68-63(56)40-49)61-35-28-42-16-6-7-17-50(42)64(61)46-25-24-44-37-47(29-26-43(44)36-46)67-59-22-12-9-19-53(59)54-20-10-13-23-60(54)67/h6-13,16-41H,3-5,14-15H2,1-2H3. The number of aromatic nitrogens is 1. The van der Waals surface area contributed by atoms with Gasteiger partial charge in [0.1, 0.15) is 0 Å². The highest BCUT2D eigenvalue weighted by Crippen LogP contribution is 2.53. The van der Waals surface area contributed by atoms with E-state index in [0.717, 1.165) is 11.4 Å². The molecule has 0 unspecified atom stereocenters. The first-order chi connectivity index (χ1) is 33.5. The second-order valence-electron chi connectivity index (χ2n) is 19.9. The second-order valence-corrected chi connectivity index (χ2v) is 21.0. The number of para-hydroxylation sites is 2. The van der Waals surface area contributed by atoms with E-state index in [1.165, 1.54) is 146 Å². The number of anilines is 3. The molecular formula is C65H50N2S. The summed E-state index contributed by atoms with van der Waals surface area (Å²) in [5.41, 5.74) is 16.4. The number of benzene rings is 10. The third kappa shape index (κ3) is 6.08. The summed E-state index contributed by atoms with van der Waals surface area (Å²) in [7, 11) is 0. The van der Waals surface area contributed by atoms with Crippen molar-refractivity contribution < 1.29 is 0 Å². The van der Waals surface area contributed by atoms with Crippen LogP contribution >= 0.6 is 11.3 Å². The van der Waals surface area contributed by atoms with Crippen molar-refractivity contribution in [1.82, 2.24) is 4.57 Å². The van der Waals surface area contributed by atoms with Crippen molar-refractivity contribution in [3.63, 3.8) is 0 Å². The molecule has 326 valence electrons. The predicted octanol–water partition coefficient (Wildman–Crippen LogP) is 18.9. The molecule has 2 aliphatic carbocycles. The molecule has 0 amide bonds. The molecule has 2 heterocycles. The van der Waals surface area contributed by atoms with Gasteiger partial charge in [0.15, 0.2) is 0 Å². The maximum Gasteiger partial charge on any atom is 0.0546 e. The van der Waals surface area contributed by atoms with Crippen LogP contribution in [0.1, 0.15) is 68.6 Å². The van der Waals surface area contributed by atoms with Crippen LogP contribution in [0.4, 0.5) is 17.1 Å². The summed E-state index contributed by atoms with van der Waals surface area (Å²) in [5, 5.41) is 10.2. The van der Waals surface area contributed by atoms with Gasteiger partial charge in [-0.2, -0.15) is 0 Å². The topological polar surface area (TPSA) is 8.17 Å². The SMILES string of the molecule is CC1(C)c2ccccc2-c2ccc(N(c3ccc4c(c3)sc3cc(C5CCCCC5)ccc34)c3ccc4ccccc4c3-c3ccc4cc(-n5c6ccccc6c6ccccc65)ccc4c3)cc21. The first kappa shape index (κ1) is 39.7. The molecule has 3 heteroatoms. The Labute approximate surface area is 401 Å². The molecule has 2 aromatic heterocycles. The largest absolute Gasteiger partial charge is 0.310 e. The molecule has 68 heavy (non-hydrogen) atoms. The third-order valence-electron chi connectivity index (χ3n) is 15.7. The first-order valence-corrected chi connectivity index (χ1v) is 25.3. The van der Waals surface area contributed by atoms with E-state index in [-0.39, 0.29) is 5.41 Å². The Morgan fingerprint density at radius 1 is 0.471 bits per heavy atom. The molecule has 0 radical (unpaired) electrons. The molecule has 0 bridgehead atoms. The first-order valence-electron chi connectivity index (χ1n) is 24.5. The number of hydrogen-bond donors (Lipinski definition) is 0. The molecule has 10 aromatic carbocycles. The number of fused-ring (bicyclic) bond motifs is 11. The zero-order chi connectivity index (χ0) is 45.1. The number of rotatable bonds is 6. The van der Waals surface area contributed by atoms with Gasteiger partial charge in [-0.05, 0) is 140 Å². The summed E-state index contributed by atoms with van der Waals surface area (Å²) in [4.78, 5) is 2.55. The van der Waals surface area contributed by atoms with Crippen LogP contribution < -0.4 is 4.90 Å². The van der Waals surface area contributed by atoms with Crippen molar-refractivity contribution in [3.8, 4) is 27.9 Å². The van der Waals surface area contributed by atoms with Crippen molar-refractivity contribution in [2.24, 2.45) is 0 Å². The van der Waals surface area contributed by atoms with Crippen molar-refractivity contribution in [2.45, 2.75) is 57.3 Å². The van der Waals surface area contributed by atoms with Gasteiger partial charge in [-0.1, -0.05) is 167 Å². The van der Waals surface area contributed by atoms with E-state index in [1.807, 2.05) is 11.3 Å². The van der Waals surface area contributed by atoms with Gasteiger partial charge in [0.2, 0.25) is 0 Å². The van der Waals surface area contributed by atoms with E-state index >= 15 is 0 Å². The van der Waals surface area contributed by atoms with Gasteiger partial charge in [0.05, 0.1) is 16.7 Å². The summed E-state index contributed by atoms with van der Waals surface area (Å²) >= 11 is 1.95. The van der Waals surface area contributed by atoms with Gasteiger partial charge in [-0.15, -0.1) is 11.3 Å². The van der Waals surface area contributed by atoms with Gasteiger partial charge in [0.25, 0.3) is 0 Å². The molecule has 0 N–H and O–H groups in total. The Morgan fingerprint density at radius 2 is 1.10 bits per heavy atom. The van der Waals surface area contributed by atoms with Gasteiger partial charge in [-0.25, -0.2) is 0 Å². The molecule has 1 fully saturated rings. The molecule has 0 aliphatic heterocycles. The van der Waals surface area contributed by atoms with Crippen LogP contribution in [0.3, 0.4) is 0 Å². The monoisotopic (exact) mass is 890 g/mol. The predicted molar refractivity (Wildman–Crippen MR) is 292 cm³/mol. The van der Waals surface area contributed by atoms with E-state index < -0.39 is 0 Å². The van der Waals surface area contributed by atoms with Crippen LogP contribution in [0, 0.1) is 0 Å². The van der Waals surface area contributed by atoms with Gasteiger partial charge >= 0.3 is 0 Å². The fourth-order valence-corrected chi connectivity index (χ4v) is 13.5. The van der Waals surface area contributed by atoms with Gasteiger partial charge in [0, 0.05) is 59.0 Å². The molecule has 0 spiro atoms. The molecule has 12 aromatic rings. The summed E-state index contributed by atoms with van der Waals surface area (Å²) in [6, 6.07) is 75.9. The zero-order valence-electron chi connectivity index (χ0n) is 38.5. The maximum atomic E-state index is 2.55. The number of thiophene rings is 1. The highest BCUT2D eigenvalue weighted by Gasteiger charge is 2.36. The molecule has 1 saturated carbocycles. The Kier molecular flexibility index (Phi) is 8.92. The maximum absolute atomic E-state index is 2.55. The molecule has 2 nitrogen and oxygen atoms in total. The molecule has 0 saturated heterocycles. The third-order valence-corrected chi connectivity index (χ3v) is 16.9. The lowest BCUT2D eigenvalue weighted by atomic mass is 9.82. The van der Waals surface area contributed by atoms with Gasteiger partial charge < -0.3 is 9.47 Å². The van der Waals surface area contributed by atoms with E-state index in [2.05, 4.69) is 224 Å². The Bertz CT molecular complexity index is 3950. The smallest absolute Gasteiger partial charge is 0.0546 e. The number of nitrogens with zero attached hydrogens (tertiary/aromatic N) is 2. The molecular weight excluding hydrogens is 841 g/mol. The average Bonchev–Trinajstić information content (AvgIpc) is 4.01. The van der Waals surface area contributed by atoms with E-state index in [4.69, 9.17) is 0 Å². The second kappa shape index (κ2) is 15.3. The zero-order valence-corrected chi connectivity index (χ0v) is 39.3. The highest BCUT2D eigenvalue weighted by molar-refractivity contribution is 7.25. The lowest BCUT2D eigenvalue weighted by Crippen LogP contribution is -2.17. The highest BCUT2D eigenvalue weighted by atomic mass is 32.1. The summed E-state index contributed by atoms with van der Waals surface area (Å²) in [5.74, 6) is 0.683. The summed E-state index contributed by atoms with van der Waals surface area (Å²) in [6.07, 6.45) is 6.70. The van der Waals surface area contributed by atoms with Crippen LogP contribution in [0.25, 0.3) is 91.5 Å². The molecule has 14 rings (SSSR count). The Hall–Kier alpha value is -7.46. The van der Waals surface area contributed by atoms with Crippen LogP contribution in [0.15, 0.2) is 200 Å². The molecule has 2 aliphatic rings. The van der Waals surface area contributed by atoms with Crippen LogP contribution in [-0.4, -0.2) is 4.57 Å². The lowest BCUT2D eigenvalue weighted by Gasteiger charge is -2.30. The van der Waals surface area contributed by atoms with Crippen molar-refractivity contribution in [3.05, 3.63) is 217 Å². The van der Waals surface area contributed by atoms with Crippen LogP contribution in [0.5, 0.6) is 0 Å². The quantitative estimate of drug-likeness (QED) is 0.161. The summed E-state index contributed by atoms with van der Waals surface area (Å²) in [6.45, 7) is 4.78. The lowest BCUT2D eigenvalue weighted by molar-refractivity contribution is 0.444. The van der Waals surface area contributed by atoms with Gasteiger partial charge in [-0.3, -0.25) is 0 Å². The average molecular weight is 891 g/mol. The van der Waals surface area contributed by atoms with Crippen LogP contribution in [-0.2, 0) is 5.41 Å². The minimum absolute atomic E-state index is 0.137. The fourth-order valence-electron chi connectivity index (χ4n) is 12.3. The minimum Gasteiger partial charge on any atom is -0.310 e. The minimum atomic E-state index is -0.137. The van der Waals surface area contributed by atoms with Crippen molar-refractivity contribution >= 4 is 91.9 Å². The molecule has 0 atom stereocenters. The normalized spacial score (nSPS) is 14.7. The van der Waals surface area contributed by atoms with E-state index in [0.29, 0.717) is 5.92 Å². The fraction of sp³-hybridized carbons (Fsp3) is 0.138. The van der Waals surface area contributed by atoms with E-state index in [9.17, 15) is 0 Å². The van der Waals surface area contributed by atoms with Crippen molar-refractivity contribution in [2.75, 3.05) is 4.90 Å². The van der Waals surface area contributed by atoms with Crippen molar-refractivity contribution in [1.29, 1.82) is 0 Å². The van der Waals surface area contributed by atoms with Crippen LogP contribution in [0.2, 0.25) is 0 Å². The summed E-state index contributed by atoms with van der Waals surface area (Å²) < 4.78 is 5.13. The Morgan fingerprint density at radius 3 is 1.93 bits per heavy atom. The van der Waals surface area contributed by atoms with E-state index in [1.54, 1.807) is 0 Å².